The lowest BCUT2D eigenvalue weighted by atomic mass is 9.47. The van der Waals surface area contributed by atoms with Crippen LogP contribution in [0.25, 0.3) is 0 Å². The molecule has 0 bridgehead atoms. The summed E-state index contributed by atoms with van der Waals surface area (Å²) in [5.74, 6) is 13.5. The number of ether oxygens (including phenoxy) is 6. The molecule has 8 aliphatic carbocycles. The Morgan fingerprint density at radius 3 is 1.10 bits per heavy atom. The maximum atomic E-state index is 13.1. The number of hydrogen-bond acceptors (Lipinski definition) is 10. The van der Waals surface area contributed by atoms with Gasteiger partial charge in [0, 0.05) is 38.1 Å². The molecule has 6 saturated carbocycles. The second-order valence-corrected chi connectivity index (χ2v) is 38.4. The SMILES string of the molecule is CC(C)CCC[C@@H](C)[C@H]1CC[C@H]2[C@@H]3CC=C4C[C@@H](OC(=O)CCCCCCCOc5ccc(C=Nc6ccc(OCCCCCOc7ccc(N=Cc8ccc(OCCCCCCCC(=O)O[C@H]9CC[C@@]%10(C)C(=CC[C@H]%11[C@@H]%12CC[C@H]([C@H](C)CCCC(C)C)[C@@]%12(C)CC[C@@H]%11%10)C9)cc8)cc7)cc6)cc5)CC[C@]4(C)[C@H]3CC[C@]12C. The number of carbonyl (C=O) groups is 2. The van der Waals surface area contributed by atoms with Crippen LogP contribution in [-0.2, 0) is 19.1 Å². The van der Waals surface area contributed by atoms with Crippen molar-refractivity contribution in [1.29, 1.82) is 0 Å². The third-order valence-corrected chi connectivity index (χ3v) is 30.2. The number of rotatable bonds is 42. The van der Waals surface area contributed by atoms with Crippen molar-refractivity contribution in [1.82, 2.24) is 0 Å². The van der Waals surface area contributed by atoms with Crippen LogP contribution in [0.15, 0.2) is 130 Å². The summed E-state index contributed by atoms with van der Waals surface area (Å²) in [7, 11) is 0. The van der Waals surface area contributed by atoms with Crippen LogP contribution in [-0.4, -0.2) is 63.0 Å². The molecule has 0 spiro atoms. The number of fused-ring (bicyclic) bond motifs is 10. The molecule has 0 unspecified atom stereocenters. The van der Waals surface area contributed by atoms with Crippen LogP contribution in [0.4, 0.5) is 11.4 Å². The van der Waals surface area contributed by atoms with E-state index in [1.54, 1.807) is 11.1 Å². The van der Waals surface area contributed by atoms with E-state index in [1.807, 2.05) is 109 Å². The number of benzene rings is 4. The van der Waals surface area contributed by atoms with Gasteiger partial charge >= 0.3 is 11.9 Å². The van der Waals surface area contributed by atoms with E-state index in [0.29, 0.717) is 50.1 Å². The van der Waals surface area contributed by atoms with E-state index in [-0.39, 0.29) is 35.0 Å². The zero-order valence-corrected chi connectivity index (χ0v) is 70.8. The Balaban J connectivity index is 0.438. The van der Waals surface area contributed by atoms with Gasteiger partial charge in [0.15, 0.2) is 0 Å². The fourth-order valence-electron chi connectivity index (χ4n) is 23.8. The molecule has 4 aromatic carbocycles. The molecular weight excluding hydrogens is 1370 g/mol. The molecular formula is C101H146N2O8. The predicted octanol–water partition coefficient (Wildman–Crippen LogP) is 27.2. The Morgan fingerprint density at radius 2 is 0.730 bits per heavy atom. The van der Waals surface area contributed by atoms with Gasteiger partial charge in [-0.2, -0.15) is 0 Å². The van der Waals surface area contributed by atoms with Gasteiger partial charge in [-0.3, -0.25) is 19.6 Å². The highest BCUT2D eigenvalue weighted by Gasteiger charge is 2.61. The number of esters is 2. The average Bonchev–Trinajstić information content (AvgIpc) is 1.68. The van der Waals surface area contributed by atoms with Gasteiger partial charge in [0.1, 0.15) is 35.2 Å². The quantitative estimate of drug-likeness (QED) is 0.0187. The van der Waals surface area contributed by atoms with E-state index < -0.39 is 0 Å². The summed E-state index contributed by atoms with van der Waals surface area (Å²) in [6, 6.07) is 32.1. The highest BCUT2D eigenvalue weighted by Crippen LogP contribution is 2.69. The lowest BCUT2D eigenvalue weighted by molar-refractivity contribution is -0.152. The molecule has 0 saturated heterocycles. The van der Waals surface area contributed by atoms with Gasteiger partial charge in [-0.1, -0.05) is 170 Å². The number of hydrogen-bond donors (Lipinski definition) is 0. The Kier molecular flexibility index (Phi) is 30.7. The normalized spacial score (nSPS) is 29.3. The van der Waals surface area contributed by atoms with Gasteiger partial charge < -0.3 is 28.4 Å². The van der Waals surface area contributed by atoms with Crippen molar-refractivity contribution in [3.05, 3.63) is 131 Å². The molecule has 6 fully saturated rings. The van der Waals surface area contributed by atoms with Crippen LogP contribution in [0.1, 0.15) is 318 Å². The Bertz CT molecular complexity index is 3410. The summed E-state index contributed by atoms with van der Waals surface area (Å²) >= 11 is 0. The van der Waals surface area contributed by atoms with Crippen molar-refractivity contribution >= 4 is 35.7 Å². The summed E-state index contributed by atoms with van der Waals surface area (Å²) in [5, 5.41) is 0. The fraction of sp³-hybridized carbons (Fsp3) is 0.683. The number of carbonyl (C=O) groups excluding carboxylic acids is 2. The standard InChI is InChI=1S/C101H146N2O8/c1-72(2)26-24-28-74(5)90-52-54-92-88-50-36-78-68-86(56-60-98(78,7)94(88)58-62-100(90,92)9)110-96(104)30-18-13-11-15-20-64-106-82-42-32-76(33-43-82)70-102-80-38-46-84(47-39-80)108-66-22-17-23-67-109-85-48-40-81(41-49-85)103-71-77-34-44-83(45-35-77)107-65-21-16-12-14-19-31-97(105)111-87-57-61-99(8)79(69-87)37-51-89-93-55-53-91(75(6)29-25-27-73(3)4)101(93,10)63-59-95(89)99/h32-49,70-75,86-95H,11-31,50-69H2,1-10H3/t74-,75-,86+,87+,88+,89+,90-,91-,92+,93+,94+,95+,98+,99+,100-,101-/m1/s1. The Labute approximate surface area is 672 Å². The van der Waals surface area contributed by atoms with Crippen LogP contribution < -0.4 is 18.9 Å². The maximum absolute atomic E-state index is 13.1. The molecule has 8 aliphatic rings. The first-order valence-electron chi connectivity index (χ1n) is 45.5. The molecule has 10 nitrogen and oxygen atoms in total. The summed E-state index contributed by atoms with van der Waals surface area (Å²) in [4.78, 5) is 35.6. The topological polar surface area (TPSA) is 114 Å². The van der Waals surface area contributed by atoms with E-state index in [9.17, 15) is 9.59 Å². The Hall–Kier alpha value is -6.16. The fourth-order valence-corrected chi connectivity index (χ4v) is 23.8. The van der Waals surface area contributed by atoms with Crippen molar-refractivity contribution in [2.45, 2.75) is 319 Å². The molecule has 0 amide bonds. The van der Waals surface area contributed by atoms with E-state index in [2.05, 4.69) is 81.4 Å². The van der Waals surface area contributed by atoms with Gasteiger partial charge in [-0.15, -0.1) is 0 Å². The van der Waals surface area contributed by atoms with Crippen molar-refractivity contribution in [3.8, 4) is 23.0 Å². The van der Waals surface area contributed by atoms with Gasteiger partial charge in [0.05, 0.1) is 37.8 Å². The first-order chi connectivity index (χ1) is 53.8. The molecule has 608 valence electrons. The molecule has 111 heavy (non-hydrogen) atoms. The number of allylic oxidation sites excluding steroid dienone is 2. The minimum atomic E-state index is -0.00156. The monoisotopic (exact) mass is 1520 g/mol. The third-order valence-electron chi connectivity index (χ3n) is 30.2. The van der Waals surface area contributed by atoms with Crippen LogP contribution in [0.2, 0.25) is 0 Å². The van der Waals surface area contributed by atoms with Gasteiger partial charge in [-0.25, -0.2) is 0 Å². The van der Waals surface area contributed by atoms with E-state index >= 15 is 0 Å². The summed E-state index contributed by atoms with van der Waals surface area (Å²) in [6.45, 7) is 27.9. The van der Waals surface area contributed by atoms with E-state index in [0.717, 1.165) is 226 Å². The molecule has 0 N–H and O–H groups in total. The molecule has 4 aromatic rings. The van der Waals surface area contributed by atoms with E-state index in [1.165, 1.54) is 116 Å². The van der Waals surface area contributed by atoms with Crippen LogP contribution in [0.5, 0.6) is 23.0 Å². The van der Waals surface area contributed by atoms with Crippen LogP contribution in [0.3, 0.4) is 0 Å². The predicted molar refractivity (Wildman–Crippen MR) is 457 cm³/mol. The van der Waals surface area contributed by atoms with Gasteiger partial charge in [0.25, 0.3) is 0 Å². The summed E-state index contributed by atoms with van der Waals surface area (Å²) in [5.41, 5.74) is 8.59. The number of nitrogens with zero attached hydrogens (tertiary/aromatic N) is 2. The highest BCUT2D eigenvalue weighted by atomic mass is 16.5. The first kappa shape index (κ1) is 84.2. The number of unbranched alkanes of at least 4 members (excludes halogenated alkanes) is 10. The zero-order chi connectivity index (χ0) is 77.8. The first-order valence-corrected chi connectivity index (χ1v) is 45.5. The third kappa shape index (κ3) is 22.3. The van der Waals surface area contributed by atoms with E-state index in [4.69, 9.17) is 38.4 Å². The summed E-state index contributed by atoms with van der Waals surface area (Å²) in [6.07, 6.45) is 51.8. The molecule has 0 radical (unpaired) electrons. The lowest BCUT2D eigenvalue weighted by Crippen LogP contribution is -2.51. The molecule has 0 aromatic heterocycles. The minimum absolute atomic E-state index is 0.00156. The second kappa shape index (κ2) is 40.4. The molecule has 12 rings (SSSR count). The molecule has 0 aliphatic heterocycles. The van der Waals surface area contributed by atoms with Crippen LogP contribution in [0, 0.1) is 92.7 Å². The molecule has 10 heteroatoms. The van der Waals surface area contributed by atoms with Gasteiger partial charge in [-0.05, 0) is 336 Å². The summed E-state index contributed by atoms with van der Waals surface area (Å²) < 4.78 is 36.7. The van der Waals surface area contributed by atoms with Crippen LogP contribution >= 0.6 is 0 Å². The number of aliphatic imine (C=N–C) groups is 2. The minimum Gasteiger partial charge on any atom is -0.494 e. The molecule has 16 atom stereocenters. The Morgan fingerprint density at radius 1 is 0.387 bits per heavy atom. The molecule has 0 heterocycles. The van der Waals surface area contributed by atoms with Crippen molar-refractivity contribution in [3.63, 3.8) is 0 Å². The zero-order valence-electron chi connectivity index (χ0n) is 70.8. The van der Waals surface area contributed by atoms with Crippen molar-refractivity contribution < 1.29 is 38.0 Å². The lowest BCUT2D eigenvalue weighted by Gasteiger charge is -2.58. The van der Waals surface area contributed by atoms with Crippen molar-refractivity contribution in [2.75, 3.05) is 26.4 Å². The average molecular weight is 1520 g/mol. The smallest absolute Gasteiger partial charge is 0.306 e. The maximum Gasteiger partial charge on any atom is 0.306 e. The van der Waals surface area contributed by atoms with Crippen molar-refractivity contribution in [2.24, 2.45) is 103 Å². The van der Waals surface area contributed by atoms with Gasteiger partial charge in [0.2, 0.25) is 0 Å². The largest absolute Gasteiger partial charge is 0.494 e. The second-order valence-electron chi connectivity index (χ2n) is 38.4. The highest BCUT2D eigenvalue weighted by molar-refractivity contribution is 5.83.